The van der Waals surface area contributed by atoms with Crippen molar-refractivity contribution in [1.29, 1.82) is 0 Å². The summed E-state index contributed by atoms with van der Waals surface area (Å²) in [5, 5.41) is 10.7. The van der Waals surface area contributed by atoms with Gasteiger partial charge in [0.15, 0.2) is 5.65 Å². The number of para-hydroxylation sites is 1. The van der Waals surface area contributed by atoms with Gasteiger partial charge in [-0.05, 0) is 24.3 Å². The van der Waals surface area contributed by atoms with Crippen LogP contribution in [0.25, 0.3) is 5.65 Å². The molecule has 136 valence electrons. The Kier molecular flexibility index (Phi) is 3.89. The molecule has 26 heavy (non-hydrogen) atoms. The summed E-state index contributed by atoms with van der Waals surface area (Å²) in [5.41, 5.74) is 0.555. The summed E-state index contributed by atoms with van der Waals surface area (Å²) in [7, 11) is 0. The number of rotatable bonds is 2. The van der Waals surface area contributed by atoms with Crippen molar-refractivity contribution in [2.75, 3.05) is 36.0 Å². The third-order valence-corrected chi connectivity index (χ3v) is 4.30. The van der Waals surface area contributed by atoms with E-state index in [0.29, 0.717) is 42.2 Å². The van der Waals surface area contributed by atoms with Gasteiger partial charge in [0, 0.05) is 26.2 Å². The lowest BCUT2D eigenvalue weighted by Gasteiger charge is -2.36. The molecular weight excluding hydrogens is 352 g/mol. The molecule has 0 radical (unpaired) electrons. The van der Waals surface area contributed by atoms with Crippen LogP contribution in [0.5, 0.6) is 0 Å². The van der Waals surface area contributed by atoms with Crippen LogP contribution in [0.15, 0.2) is 36.4 Å². The molecule has 1 aliphatic heterocycles. The minimum atomic E-state index is -4.63. The van der Waals surface area contributed by atoms with Gasteiger partial charge in [-0.2, -0.15) is 17.7 Å². The van der Waals surface area contributed by atoms with Gasteiger partial charge in [-0.1, -0.05) is 12.1 Å². The highest BCUT2D eigenvalue weighted by molar-refractivity contribution is 5.51. The van der Waals surface area contributed by atoms with Crippen LogP contribution in [0.4, 0.5) is 29.1 Å². The van der Waals surface area contributed by atoms with Crippen molar-refractivity contribution in [3.8, 4) is 0 Å². The number of aromatic nitrogens is 4. The van der Waals surface area contributed by atoms with Gasteiger partial charge in [0.1, 0.15) is 11.6 Å². The number of halogens is 4. The van der Waals surface area contributed by atoms with Crippen molar-refractivity contribution in [2.45, 2.75) is 6.18 Å². The second kappa shape index (κ2) is 6.11. The summed E-state index contributed by atoms with van der Waals surface area (Å²) in [6.45, 7) is 2.09. The third kappa shape index (κ3) is 2.91. The lowest BCUT2D eigenvalue weighted by molar-refractivity contribution is -0.146. The van der Waals surface area contributed by atoms with Crippen LogP contribution in [-0.4, -0.2) is 46.0 Å². The summed E-state index contributed by atoms with van der Waals surface area (Å²) < 4.78 is 53.6. The Morgan fingerprint density at radius 2 is 1.54 bits per heavy atom. The van der Waals surface area contributed by atoms with E-state index < -0.39 is 12.0 Å². The fourth-order valence-electron chi connectivity index (χ4n) is 3.01. The first kappa shape index (κ1) is 16.6. The predicted molar refractivity (Wildman–Crippen MR) is 86.6 cm³/mol. The smallest absolute Gasteiger partial charge is 0.366 e. The summed E-state index contributed by atoms with van der Waals surface area (Å²) >= 11 is 0. The summed E-state index contributed by atoms with van der Waals surface area (Å²) in [4.78, 5) is 3.77. The number of hydrogen-bond donors (Lipinski definition) is 0. The Labute approximate surface area is 145 Å². The maximum absolute atomic E-state index is 13.9. The molecule has 0 spiro atoms. The lowest BCUT2D eigenvalue weighted by atomic mass is 10.2. The number of alkyl halides is 3. The van der Waals surface area contributed by atoms with E-state index in [0.717, 1.165) is 0 Å². The van der Waals surface area contributed by atoms with E-state index in [1.807, 2.05) is 9.80 Å². The van der Waals surface area contributed by atoms with Gasteiger partial charge >= 0.3 is 6.18 Å². The Balaban J connectivity index is 1.55. The molecule has 2 aromatic heterocycles. The first-order chi connectivity index (χ1) is 12.4. The highest BCUT2D eigenvalue weighted by Crippen LogP contribution is 2.28. The van der Waals surface area contributed by atoms with Crippen molar-refractivity contribution in [3.05, 3.63) is 48.0 Å². The van der Waals surface area contributed by atoms with Crippen molar-refractivity contribution < 1.29 is 17.6 Å². The minimum Gasteiger partial charge on any atom is -0.366 e. The molecule has 1 aliphatic rings. The largest absolute Gasteiger partial charge is 0.453 e. The van der Waals surface area contributed by atoms with Crippen LogP contribution in [0.2, 0.25) is 0 Å². The molecule has 3 heterocycles. The molecule has 1 aromatic carbocycles. The van der Waals surface area contributed by atoms with Crippen molar-refractivity contribution in [1.82, 2.24) is 19.8 Å². The summed E-state index contributed by atoms with van der Waals surface area (Å²) in [6.07, 6.45) is -4.63. The van der Waals surface area contributed by atoms with E-state index >= 15 is 0 Å². The molecule has 1 saturated heterocycles. The molecule has 0 atom stereocenters. The Bertz CT molecular complexity index is 930. The molecule has 3 aromatic rings. The topological polar surface area (TPSA) is 49.6 Å². The van der Waals surface area contributed by atoms with Gasteiger partial charge in [0.2, 0.25) is 0 Å². The number of benzene rings is 1. The zero-order valence-corrected chi connectivity index (χ0v) is 13.5. The highest BCUT2D eigenvalue weighted by atomic mass is 19.4. The number of nitrogens with zero attached hydrogens (tertiary/aromatic N) is 6. The maximum Gasteiger partial charge on any atom is 0.453 e. The molecule has 6 nitrogen and oxygen atoms in total. The van der Waals surface area contributed by atoms with Crippen LogP contribution in [0.1, 0.15) is 5.82 Å². The lowest BCUT2D eigenvalue weighted by Crippen LogP contribution is -2.47. The monoisotopic (exact) mass is 366 g/mol. The fourth-order valence-corrected chi connectivity index (χ4v) is 3.01. The van der Waals surface area contributed by atoms with Crippen LogP contribution in [0, 0.1) is 5.82 Å². The van der Waals surface area contributed by atoms with E-state index in [1.165, 1.54) is 12.1 Å². The zero-order chi connectivity index (χ0) is 18.3. The van der Waals surface area contributed by atoms with Crippen molar-refractivity contribution in [3.63, 3.8) is 0 Å². The van der Waals surface area contributed by atoms with E-state index in [-0.39, 0.29) is 11.5 Å². The van der Waals surface area contributed by atoms with E-state index in [4.69, 9.17) is 0 Å². The van der Waals surface area contributed by atoms with Gasteiger partial charge < -0.3 is 9.80 Å². The Hall–Kier alpha value is -2.91. The van der Waals surface area contributed by atoms with E-state index in [9.17, 15) is 17.6 Å². The molecule has 4 rings (SSSR count). The van der Waals surface area contributed by atoms with Crippen molar-refractivity contribution >= 4 is 17.2 Å². The highest BCUT2D eigenvalue weighted by Gasteiger charge is 2.37. The first-order valence-corrected chi connectivity index (χ1v) is 7.97. The van der Waals surface area contributed by atoms with Gasteiger partial charge in [-0.3, -0.25) is 0 Å². The normalized spacial score (nSPS) is 15.7. The Morgan fingerprint density at radius 3 is 2.23 bits per heavy atom. The number of piperazine rings is 1. The zero-order valence-electron chi connectivity index (χ0n) is 13.5. The quantitative estimate of drug-likeness (QED) is 0.653. The summed E-state index contributed by atoms with van der Waals surface area (Å²) in [5.74, 6) is -1.05. The molecule has 0 unspecified atom stereocenters. The average Bonchev–Trinajstić information content (AvgIpc) is 3.06. The molecule has 0 amide bonds. The molecule has 1 fully saturated rings. The second-order valence-corrected chi connectivity index (χ2v) is 5.91. The molecule has 0 N–H and O–H groups in total. The number of hydrogen-bond acceptors (Lipinski definition) is 5. The molecule has 0 saturated carbocycles. The third-order valence-electron chi connectivity index (χ3n) is 4.30. The first-order valence-electron chi connectivity index (χ1n) is 7.97. The van der Waals surface area contributed by atoms with Crippen molar-refractivity contribution in [2.24, 2.45) is 0 Å². The average molecular weight is 366 g/mol. The Morgan fingerprint density at radius 1 is 0.846 bits per heavy atom. The summed E-state index contributed by atoms with van der Waals surface area (Å²) in [6, 6.07) is 9.58. The molecule has 0 bridgehead atoms. The van der Waals surface area contributed by atoms with E-state index in [1.54, 1.807) is 24.3 Å². The number of fused-ring (bicyclic) bond motifs is 1. The van der Waals surface area contributed by atoms with Gasteiger partial charge in [-0.15, -0.1) is 15.3 Å². The second-order valence-electron chi connectivity index (χ2n) is 5.91. The van der Waals surface area contributed by atoms with Crippen LogP contribution in [-0.2, 0) is 6.18 Å². The van der Waals surface area contributed by atoms with Gasteiger partial charge in [-0.25, -0.2) is 4.39 Å². The van der Waals surface area contributed by atoms with Gasteiger partial charge in [0.05, 0.1) is 5.69 Å². The van der Waals surface area contributed by atoms with Crippen LogP contribution >= 0.6 is 0 Å². The van der Waals surface area contributed by atoms with Gasteiger partial charge in [0.25, 0.3) is 5.82 Å². The SMILES string of the molecule is Fc1ccccc1N1CCN(c2ccc3nnc(C(F)(F)F)n3n2)CC1. The van der Waals surface area contributed by atoms with E-state index in [2.05, 4.69) is 15.3 Å². The number of anilines is 2. The molecule has 10 heteroatoms. The predicted octanol–water partition coefficient (Wildman–Crippen LogP) is 2.61. The molecule has 0 aliphatic carbocycles. The maximum atomic E-state index is 13.9. The molecular formula is C16H14F4N6. The standard InChI is InChI=1S/C16H14F4N6/c17-11-3-1-2-4-12(11)24-7-9-25(10-8-24)14-6-5-13-21-22-15(16(18,19)20)26(13)23-14/h1-6H,7-10H2. The van der Waals surface area contributed by atoms with Crippen LogP contribution < -0.4 is 9.80 Å². The van der Waals surface area contributed by atoms with Crippen LogP contribution in [0.3, 0.4) is 0 Å². The minimum absolute atomic E-state index is 0.0334. The fraction of sp³-hybridized carbons (Fsp3) is 0.312.